The van der Waals surface area contributed by atoms with Crippen LogP contribution in [0.25, 0.3) is 0 Å². The lowest BCUT2D eigenvalue weighted by Crippen LogP contribution is -2.46. The van der Waals surface area contributed by atoms with Gasteiger partial charge in [0.15, 0.2) is 0 Å². The van der Waals surface area contributed by atoms with Gasteiger partial charge in [-0.15, -0.1) is 0 Å². The molecule has 0 aromatic heterocycles. The molecule has 26 heavy (non-hydrogen) atoms. The average molecular weight is 359 g/mol. The number of nitrogens with one attached hydrogen (secondary N) is 1. The summed E-state index contributed by atoms with van der Waals surface area (Å²) < 4.78 is 5.85. The minimum Gasteiger partial charge on any atom is -0.489 e. The van der Waals surface area contributed by atoms with E-state index < -0.39 is 0 Å². The number of rotatable bonds is 6. The van der Waals surface area contributed by atoms with E-state index in [4.69, 9.17) is 4.74 Å². The Balaban J connectivity index is 1.68. The molecule has 0 bridgehead atoms. The molecule has 1 aliphatic heterocycles. The number of nitrogens with zero attached hydrogens (tertiary/aromatic N) is 2. The highest BCUT2D eigenvalue weighted by Gasteiger charge is 2.43. The van der Waals surface area contributed by atoms with Crippen LogP contribution >= 0.6 is 0 Å². The molecule has 1 aliphatic carbocycles. The molecule has 0 radical (unpaired) electrons. The Kier molecular flexibility index (Phi) is 5.12. The molecule has 6 heteroatoms. The van der Waals surface area contributed by atoms with E-state index in [0.29, 0.717) is 18.6 Å². The molecular formula is C20H29N3O3. The molecule has 1 atom stereocenters. The fourth-order valence-electron chi connectivity index (χ4n) is 3.62. The maximum Gasteiger partial charge on any atom is 0.253 e. The van der Waals surface area contributed by atoms with Gasteiger partial charge in [-0.3, -0.25) is 9.59 Å². The van der Waals surface area contributed by atoms with Crippen LogP contribution < -0.4 is 15.0 Å². The van der Waals surface area contributed by atoms with Crippen LogP contribution in [0.1, 0.15) is 49.4 Å². The third-order valence-corrected chi connectivity index (χ3v) is 5.38. The van der Waals surface area contributed by atoms with Gasteiger partial charge < -0.3 is 19.9 Å². The third kappa shape index (κ3) is 3.79. The van der Waals surface area contributed by atoms with Crippen molar-refractivity contribution in [1.29, 1.82) is 0 Å². The summed E-state index contributed by atoms with van der Waals surface area (Å²) in [4.78, 5) is 28.3. The Morgan fingerprint density at radius 1 is 1.35 bits per heavy atom. The SMILES string of the molecule is CCCC1(NC(=O)CC2COc3ccc(C(=O)N(C)C)cc3N2C)CC1. The summed E-state index contributed by atoms with van der Waals surface area (Å²) in [5, 5.41) is 3.22. The van der Waals surface area contributed by atoms with Crippen LogP contribution in [0.5, 0.6) is 5.75 Å². The van der Waals surface area contributed by atoms with Crippen molar-refractivity contribution in [1.82, 2.24) is 10.2 Å². The van der Waals surface area contributed by atoms with E-state index in [0.717, 1.165) is 37.1 Å². The van der Waals surface area contributed by atoms with E-state index in [9.17, 15) is 9.59 Å². The lowest BCUT2D eigenvalue weighted by molar-refractivity contribution is -0.122. The van der Waals surface area contributed by atoms with Crippen LogP contribution in [0, 0.1) is 0 Å². The number of fused-ring (bicyclic) bond motifs is 1. The maximum absolute atomic E-state index is 12.5. The highest BCUT2D eigenvalue weighted by atomic mass is 16.5. The topological polar surface area (TPSA) is 61.9 Å². The Bertz CT molecular complexity index is 698. The van der Waals surface area contributed by atoms with Gasteiger partial charge in [0.1, 0.15) is 12.4 Å². The standard InChI is InChI=1S/C20H29N3O3/c1-5-8-20(9-10-20)21-18(24)12-15-13-26-17-7-6-14(19(25)22(2)3)11-16(17)23(15)4/h6-7,11,15H,5,8-10,12-13H2,1-4H3,(H,21,24). The minimum atomic E-state index is -0.0451. The van der Waals surface area contributed by atoms with Crippen molar-refractivity contribution in [3.8, 4) is 5.75 Å². The molecule has 1 aromatic rings. The monoisotopic (exact) mass is 359 g/mol. The Morgan fingerprint density at radius 3 is 2.69 bits per heavy atom. The van der Waals surface area contributed by atoms with Crippen LogP contribution in [-0.2, 0) is 4.79 Å². The van der Waals surface area contributed by atoms with Gasteiger partial charge in [0.2, 0.25) is 5.91 Å². The van der Waals surface area contributed by atoms with Crippen molar-refractivity contribution < 1.29 is 14.3 Å². The predicted octanol–water partition coefficient (Wildman–Crippen LogP) is 2.42. The van der Waals surface area contributed by atoms with Gasteiger partial charge in [0, 0.05) is 32.2 Å². The number of hydrogen-bond acceptors (Lipinski definition) is 4. The number of hydrogen-bond donors (Lipinski definition) is 1. The van der Waals surface area contributed by atoms with E-state index in [1.807, 2.05) is 19.2 Å². The quantitative estimate of drug-likeness (QED) is 0.847. The number of amides is 2. The van der Waals surface area contributed by atoms with Crippen molar-refractivity contribution in [2.75, 3.05) is 32.6 Å². The number of carbonyl (C=O) groups is 2. The molecule has 1 saturated carbocycles. The molecule has 1 aromatic carbocycles. The highest BCUT2D eigenvalue weighted by molar-refractivity contribution is 5.95. The summed E-state index contributed by atoms with van der Waals surface area (Å²) in [5.74, 6) is 0.792. The zero-order valence-corrected chi connectivity index (χ0v) is 16.2. The average Bonchev–Trinajstić information content (AvgIpc) is 3.35. The van der Waals surface area contributed by atoms with Gasteiger partial charge in [-0.1, -0.05) is 13.3 Å². The summed E-state index contributed by atoms with van der Waals surface area (Å²) in [5.41, 5.74) is 1.52. The van der Waals surface area contributed by atoms with E-state index in [2.05, 4.69) is 17.1 Å². The van der Waals surface area contributed by atoms with Crippen LogP contribution in [0.2, 0.25) is 0 Å². The molecule has 1 N–H and O–H groups in total. The summed E-state index contributed by atoms with van der Waals surface area (Å²) >= 11 is 0. The van der Waals surface area contributed by atoms with Gasteiger partial charge in [0.05, 0.1) is 18.2 Å². The van der Waals surface area contributed by atoms with Gasteiger partial charge >= 0.3 is 0 Å². The first-order chi connectivity index (χ1) is 12.3. The van der Waals surface area contributed by atoms with Crippen LogP contribution in [0.4, 0.5) is 5.69 Å². The number of carbonyl (C=O) groups excluding carboxylic acids is 2. The Morgan fingerprint density at radius 2 is 2.08 bits per heavy atom. The van der Waals surface area contributed by atoms with Gasteiger partial charge in [-0.05, 0) is 37.5 Å². The lowest BCUT2D eigenvalue weighted by atomic mass is 10.1. The normalized spacial score (nSPS) is 20.0. The van der Waals surface area contributed by atoms with E-state index in [-0.39, 0.29) is 23.4 Å². The zero-order chi connectivity index (χ0) is 18.9. The maximum atomic E-state index is 12.5. The zero-order valence-electron chi connectivity index (χ0n) is 16.2. The first-order valence-electron chi connectivity index (χ1n) is 9.37. The molecule has 3 rings (SSSR count). The number of benzene rings is 1. The number of likely N-dealkylation sites (N-methyl/N-ethyl adjacent to an activating group) is 1. The van der Waals surface area contributed by atoms with Crippen molar-refractivity contribution >= 4 is 17.5 Å². The van der Waals surface area contributed by atoms with Crippen LogP contribution in [0.15, 0.2) is 18.2 Å². The van der Waals surface area contributed by atoms with Crippen molar-refractivity contribution in [2.24, 2.45) is 0 Å². The first-order valence-corrected chi connectivity index (χ1v) is 9.37. The molecule has 2 amide bonds. The van der Waals surface area contributed by atoms with Gasteiger partial charge in [-0.2, -0.15) is 0 Å². The molecule has 1 unspecified atom stereocenters. The largest absolute Gasteiger partial charge is 0.489 e. The summed E-state index contributed by atoms with van der Waals surface area (Å²) in [6.45, 7) is 2.62. The van der Waals surface area contributed by atoms with Crippen LogP contribution in [-0.4, -0.2) is 56.0 Å². The summed E-state index contributed by atoms with van der Waals surface area (Å²) in [6.07, 6.45) is 4.70. The smallest absolute Gasteiger partial charge is 0.253 e. The molecule has 142 valence electrons. The molecule has 1 fully saturated rings. The molecule has 6 nitrogen and oxygen atoms in total. The van der Waals surface area contributed by atoms with E-state index in [1.54, 1.807) is 25.1 Å². The molecular weight excluding hydrogens is 330 g/mol. The molecule has 2 aliphatic rings. The predicted molar refractivity (Wildman–Crippen MR) is 102 cm³/mol. The Labute approximate surface area is 155 Å². The van der Waals surface area contributed by atoms with E-state index >= 15 is 0 Å². The molecule has 0 saturated heterocycles. The van der Waals surface area contributed by atoms with Crippen molar-refractivity contribution in [3.05, 3.63) is 23.8 Å². The van der Waals surface area contributed by atoms with Crippen molar-refractivity contribution in [2.45, 2.75) is 50.6 Å². The van der Waals surface area contributed by atoms with Crippen LogP contribution in [0.3, 0.4) is 0 Å². The Hall–Kier alpha value is -2.24. The minimum absolute atomic E-state index is 0.0374. The summed E-state index contributed by atoms with van der Waals surface area (Å²) in [6, 6.07) is 5.43. The molecule has 0 spiro atoms. The summed E-state index contributed by atoms with van der Waals surface area (Å²) in [7, 11) is 5.43. The van der Waals surface area contributed by atoms with Crippen molar-refractivity contribution in [3.63, 3.8) is 0 Å². The fourth-order valence-corrected chi connectivity index (χ4v) is 3.62. The lowest BCUT2D eigenvalue weighted by Gasteiger charge is -2.36. The number of anilines is 1. The molecule has 1 heterocycles. The second-order valence-corrected chi connectivity index (χ2v) is 7.74. The highest BCUT2D eigenvalue weighted by Crippen LogP contribution is 2.40. The second kappa shape index (κ2) is 7.17. The van der Waals surface area contributed by atoms with E-state index in [1.165, 1.54) is 0 Å². The van der Waals surface area contributed by atoms with Gasteiger partial charge in [-0.25, -0.2) is 0 Å². The second-order valence-electron chi connectivity index (χ2n) is 7.74. The third-order valence-electron chi connectivity index (χ3n) is 5.38. The fraction of sp³-hybridized carbons (Fsp3) is 0.600. The number of ether oxygens (including phenoxy) is 1. The first kappa shape index (κ1) is 18.5. The van der Waals surface area contributed by atoms with Gasteiger partial charge in [0.25, 0.3) is 5.91 Å².